The molecule has 6 heteroatoms. The Morgan fingerprint density at radius 1 is 1.21 bits per heavy atom. The van der Waals surface area contributed by atoms with Crippen molar-refractivity contribution in [1.82, 2.24) is 0 Å². The number of rotatable bonds is 3. The van der Waals surface area contributed by atoms with Crippen LogP contribution in [0.1, 0.15) is 18.4 Å². The minimum absolute atomic E-state index is 0.110. The molecule has 0 aliphatic carbocycles. The van der Waals surface area contributed by atoms with Crippen LogP contribution in [-0.2, 0) is 19.4 Å². The molecular formula is C13H17NO4S. The molecule has 1 aromatic rings. The lowest BCUT2D eigenvalue weighted by atomic mass is 9.98. The summed E-state index contributed by atoms with van der Waals surface area (Å²) in [4.78, 5) is 11.9. The van der Waals surface area contributed by atoms with Gasteiger partial charge in [0.2, 0.25) is 5.91 Å². The fraction of sp³-hybridized carbons (Fsp3) is 0.462. The second-order valence-electron chi connectivity index (χ2n) is 4.79. The molecule has 2 N–H and O–H groups in total. The minimum Gasteiger partial charge on any atom is -0.381 e. The number of carbonyl (C=O) groups is 1. The van der Waals surface area contributed by atoms with Crippen molar-refractivity contribution in [1.29, 1.82) is 0 Å². The van der Waals surface area contributed by atoms with E-state index in [2.05, 4.69) is 0 Å². The Balaban J connectivity index is 2.51. The van der Waals surface area contributed by atoms with Crippen LogP contribution in [0.25, 0.3) is 0 Å². The highest BCUT2D eigenvalue weighted by atomic mass is 32.2. The molecule has 0 radical (unpaired) electrons. The van der Waals surface area contributed by atoms with E-state index in [4.69, 9.17) is 10.5 Å². The molecule has 0 aromatic heterocycles. The Labute approximate surface area is 112 Å². The number of aryl methyl sites for hydroxylation is 1. The van der Waals surface area contributed by atoms with Gasteiger partial charge in [-0.15, -0.1) is 0 Å². The Hall–Kier alpha value is -1.40. The molecule has 1 fully saturated rings. The highest BCUT2D eigenvalue weighted by molar-refractivity contribution is 7.93. The molecule has 0 saturated carbocycles. The number of nitrogens with two attached hydrogens (primary N) is 1. The lowest BCUT2D eigenvalue weighted by Crippen LogP contribution is -2.53. The topological polar surface area (TPSA) is 86.5 Å². The zero-order valence-electron chi connectivity index (χ0n) is 10.8. The van der Waals surface area contributed by atoms with Crippen molar-refractivity contribution in [3.63, 3.8) is 0 Å². The highest BCUT2D eigenvalue weighted by Crippen LogP contribution is 2.34. The van der Waals surface area contributed by atoms with Crippen molar-refractivity contribution in [2.24, 2.45) is 5.73 Å². The summed E-state index contributed by atoms with van der Waals surface area (Å²) in [7, 11) is -3.79. The van der Waals surface area contributed by atoms with Crippen molar-refractivity contribution in [2.45, 2.75) is 29.4 Å². The maximum atomic E-state index is 12.7. The second kappa shape index (κ2) is 4.94. The van der Waals surface area contributed by atoms with Crippen LogP contribution >= 0.6 is 0 Å². The van der Waals surface area contributed by atoms with Crippen molar-refractivity contribution < 1.29 is 17.9 Å². The monoisotopic (exact) mass is 283 g/mol. The normalized spacial score (nSPS) is 19.0. The highest BCUT2D eigenvalue weighted by Gasteiger charge is 2.50. The first-order chi connectivity index (χ1) is 8.90. The molecule has 0 spiro atoms. The number of amides is 1. The third-order valence-electron chi connectivity index (χ3n) is 3.60. The molecule has 104 valence electrons. The molecule has 1 aliphatic rings. The predicted molar refractivity (Wildman–Crippen MR) is 70.3 cm³/mol. The summed E-state index contributed by atoms with van der Waals surface area (Å²) >= 11 is 0. The zero-order chi connectivity index (χ0) is 14.1. The van der Waals surface area contributed by atoms with Crippen LogP contribution in [0, 0.1) is 6.92 Å². The first kappa shape index (κ1) is 14.0. The number of sulfone groups is 1. The number of benzene rings is 1. The van der Waals surface area contributed by atoms with E-state index in [0.29, 0.717) is 0 Å². The molecular weight excluding hydrogens is 266 g/mol. The molecule has 0 unspecified atom stereocenters. The van der Waals surface area contributed by atoms with Crippen molar-refractivity contribution >= 4 is 15.7 Å². The number of hydrogen-bond donors (Lipinski definition) is 1. The SMILES string of the molecule is Cc1ccc(S(=O)(=O)C2(C(N)=O)CCOCC2)cc1. The lowest BCUT2D eigenvalue weighted by Gasteiger charge is -2.33. The molecule has 2 rings (SSSR count). The van der Waals surface area contributed by atoms with E-state index in [1.54, 1.807) is 12.1 Å². The van der Waals surface area contributed by atoms with Crippen LogP contribution in [0.15, 0.2) is 29.2 Å². The van der Waals surface area contributed by atoms with Gasteiger partial charge in [0.1, 0.15) is 0 Å². The van der Waals surface area contributed by atoms with Gasteiger partial charge in [-0.1, -0.05) is 17.7 Å². The quantitative estimate of drug-likeness (QED) is 0.889. The summed E-state index contributed by atoms with van der Waals surface area (Å²) in [6.07, 6.45) is 0.219. The van der Waals surface area contributed by atoms with Gasteiger partial charge < -0.3 is 10.5 Å². The standard InChI is InChI=1S/C13H17NO4S/c1-10-2-4-11(5-3-10)19(16,17)13(12(14)15)6-8-18-9-7-13/h2-5H,6-9H2,1H3,(H2,14,15). The van der Waals surface area contributed by atoms with Crippen LogP contribution < -0.4 is 5.73 Å². The van der Waals surface area contributed by atoms with Gasteiger partial charge in [0.05, 0.1) is 4.90 Å². The molecule has 0 atom stereocenters. The van der Waals surface area contributed by atoms with Gasteiger partial charge in [0, 0.05) is 13.2 Å². The van der Waals surface area contributed by atoms with Crippen LogP contribution in [-0.4, -0.2) is 32.3 Å². The van der Waals surface area contributed by atoms with E-state index in [0.717, 1.165) is 5.56 Å². The lowest BCUT2D eigenvalue weighted by molar-refractivity contribution is -0.122. The van der Waals surface area contributed by atoms with E-state index >= 15 is 0 Å². The van der Waals surface area contributed by atoms with Gasteiger partial charge in [-0.25, -0.2) is 8.42 Å². The first-order valence-corrected chi connectivity index (χ1v) is 7.57. The molecule has 1 amide bonds. The number of ether oxygens (including phenoxy) is 1. The fourth-order valence-electron chi connectivity index (χ4n) is 2.29. The predicted octanol–water partition coefficient (Wildman–Crippen LogP) is 0.803. The number of hydrogen-bond acceptors (Lipinski definition) is 4. The van der Waals surface area contributed by atoms with Crippen molar-refractivity contribution in [2.75, 3.05) is 13.2 Å². The first-order valence-electron chi connectivity index (χ1n) is 6.09. The van der Waals surface area contributed by atoms with Gasteiger partial charge >= 0.3 is 0 Å². The smallest absolute Gasteiger partial charge is 0.239 e. The molecule has 1 aliphatic heterocycles. The Kier molecular flexibility index (Phi) is 3.64. The Morgan fingerprint density at radius 3 is 2.21 bits per heavy atom. The Morgan fingerprint density at radius 2 is 1.74 bits per heavy atom. The summed E-state index contributed by atoms with van der Waals surface area (Å²) in [6, 6.07) is 6.46. The average molecular weight is 283 g/mol. The minimum atomic E-state index is -3.79. The van der Waals surface area contributed by atoms with Crippen LogP contribution in [0.5, 0.6) is 0 Å². The van der Waals surface area contributed by atoms with Gasteiger partial charge in [0.25, 0.3) is 0 Å². The van der Waals surface area contributed by atoms with Gasteiger partial charge in [-0.05, 0) is 31.9 Å². The zero-order valence-corrected chi connectivity index (χ0v) is 11.6. The van der Waals surface area contributed by atoms with Crippen LogP contribution in [0.2, 0.25) is 0 Å². The van der Waals surface area contributed by atoms with E-state index in [1.807, 2.05) is 6.92 Å². The fourth-order valence-corrected chi connectivity index (χ4v) is 4.21. The molecule has 0 bridgehead atoms. The third-order valence-corrected chi connectivity index (χ3v) is 6.13. The summed E-state index contributed by atoms with van der Waals surface area (Å²) in [5.74, 6) is -0.795. The maximum Gasteiger partial charge on any atom is 0.239 e. The largest absolute Gasteiger partial charge is 0.381 e. The van der Waals surface area contributed by atoms with E-state index < -0.39 is 20.5 Å². The summed E-state index contributed by atoms with van der Waals surface area (Å²) in [5, 5.41) is 0. The molecule has 5 nitrogen and oxygen atoms in total. The van der Waals surface area contributed by atoms with Crippen LogP contribution in [0.4, 0.5) is 0 Å². The summed E-state index contributed by atoms with van der Waals surface area (Å²) < 4.78 is 29.0. The van der Waals surface area contributed by atoms with Gasteiger partial charge in [0.15, 0.2) is 14.6 Å². The van der Waals surface area contributed by atoms with Gasteiger partial charge in [-0.3, -0.25) is 4.79 Å². The second-order valence-corrected chi connectivity index (χ2v) is 7.05. The van der Waals surface area contributed by atoms with E-state index in [1.165, 1.54) is 12.1 Å². The van der Waals surface area contributed by atoms with E-state index in [-0.39, 0.29) is 31.0 Å². The average Bonchev–Trinajstić information content (AvgIpc) is 2.39. The summed E-state index contributed by atoms with van der Waals surface area (Å²) in [5.41, 5.74) is 6.34. The van der Waals surface area contributed by atoms with Crippen molar-refractivity contribution in [3.05, 3.63) is 29.8 Å². The molecule has 19 heavy (non-hydrogen) atoms. The summed E-state index contributed by atoms with van der Waals surface area (Å²) in [6.45, 7) is 2.33. The van der Waals surface area contributed by atoms with Crippen molar-refractivity contribution in [3.8, 4) is 0 Å². The third kappa shape index (κ3) is 2.26. The molecule has 1 aromatic carbocycles. The van der Waals surface area contributed by atoms with E-state index in [9.17, 15) is 13.2 Å². The van der Waals surface area contributed by atoms with Crippen LogP contribution in [0.3, 0.4) is 0 Å². The maximum absolute atomic E-state index is 12.7. The molecule has 1 heterocycles. The Bertz CT molecular complexity index is 571. The van der Waals surface area contributed by atoms with Gasteiger partial charge in [-0.2, -0.15) is 0 Å². The molecule has 1 saturated heterocycles. The number of primary amides is 1. The number of carbonyl (C=O) groups excluding carboxylic acids is 1.